The van der Waals surface area contributed by atoms with E-state index in [-0.39, 0.29) is 12.4 Å². The van der Waals surface area contributed by atoms with Crippen LogP contribution in [0.25, 0.3) is 0 Å². The highest BCUT2D eigenvalue weighted by Gasteiger charge is 2.07. The molecule has 0 atom stereocenters. The number of nitrogens with one attached hydrogen (secondary N) is 1. The number of nitrogen functional groups attached to an aromatic ring is 1. The van der Waals surface area contributed by atoms with E-state index in [9.17, 15) is 4.39 Å². The average Bonchev–Trinajstić information content (AvgIpc) is 2.45. The lowest BCUT2D eigenvalue weighted by Gasteiger charge is -2.12. The van der Waals surface area contributed by atoms with Crippen molar-refractivity contribution in [1.29, 1.82) is 5.41 Å². The maximum Gasteiger partial charge on any atom is 0.161 e. The van der Waals surface area contributed by atoms with Gasteiger partial charge in [0.15, 0.2) is 11.5 Å². The molecule has 0 aliphatic carbocycles. The molecule has 0 spiro atoms. The van der Waals surface area contributed by atoms with Gasteiger partial charge in [-0.25, -0.2) is 4.39 Å². The van der Waals surface area contributed by atoms with Crippen LogP contribution in [0.4, 0.5) is 4.39 Å². The van der Waals surface area contributed by atoms with Crippen LogP contribution >= 0.6 is 0 Å². The van der Waals surface area contributed by atoms with Crippen molar-refractivity contribution in [3.8, 4) is 11.5 Å². The standard InChI is InChI=1S/C16H17FN2O2/c1-10-3-4-14(15(5-10)20-2)21-9-11-6-12(16(18)19)8-13(17)7-11/h3-8H,9H2,1-2H3,(H3,18,19). The Labute approximate surface area is 122 Å². The zero-order chi connectivity index (χ0) is 15.4. The summed E-state index contributed by atoms with van der Waals surface area (Å²) in [7, 11) is 1.57. The minimum atomic E-state index is -0.447. The van der Waals surface area contributed by atoms with Crippen molar-refractivity contribution in [1.82, 2.24) is 0 Å². The summed E-state index contributed by atoms with van der Waals surface area (Å²) >= 11 is 0. The highest BCUT2D eigenvalue weighted by atomic mass is 19.1. The maximum absolute atomic E-state index is 13.5. The Morgan fingerprint density at radius 1 is 1.19 bits per heavy atom. The molecule has 0 unspecified atom stereocenters. The molecule has 2 rings (SSSR count). The molecule has 4 nitrogen and oxygen atoms in total. The number of hydrogen-bond donors (Lipinski definition) is 2. The first-order chi connectivity index (χ1) is 9.99. The summed E-state index contributed by atoms with van der Waals surface area (Å²) in [5.41, 5.74) is 7.37. The van der Waals surface area contributed by atoms with E-state index in [2.05, 4.69) is 0 Å². The Bertz CT molecular complexity index is 671. The van der Waals surface area contributed by atoms with Crippen molar-refractivity contribution < 1.29 is 13.9 Å². The van der Waals surface area contributed by atoms with Gasteiger partial charge in [0, 0.05) is 5.56 Å². The highest BCUT2D eigenvalue weighted by Crippen LogP contribution is 2.28. The largest absolute Gasteiger partial charge is 0.493 e. The molecule has 0 aliphatic rings. The Hall–Kier alpha value is -2.56. The normalized spacial score (nSPS) is 10.2. The third kappa shape index (κ3) is 3.72. The summed E-state index contributed by atoms with van der Waals surface area (Å²) < 4.78 is 24.4. The second kappa shape index (κ2) is 6.26. The highest BCUT2D eigenvalue weighted by molar-refractivity contribution is 5.95. The van der Waals surface area contributed by atoms with Gasteiger partial charge in [0.25, 0.3) is 0 Å². The molecular weight excluding hydrogens is 271 g/mol. The van der Waals surface area contributed by atoms with Crippen LogP contribution in [0.2, 0.25) is 0 Å². The predicted molar refractivity (Wildman–Crippen MR) is 79.5 cm³/mol. The molecule has 0 fully saturated rings. The molecule has 0 saturated heterocycles. The first-order valence-corrected chi connectivity index (χ1v) is 6.41. The van der Waals surface area contributed by atoms with Gasteiger partial charge in [-0.1, -0.05) is 6.07 Å². The number of aryl methyl sites for hydroxylation is 1. The molecular formula is C16H17FN2O2. The van der Waals surface area contributed by atoms with Crippen LogP contribution in [0.5, 0.6) is 11.5 Å². The molecule has 5 heteroatoms. The summed E-state index contributed by atoms with van der Waals surface area (Å²) in [4.78, 5) is 0. The van der Waals surface area contributed by atoms with E-state index in [1.807, 2.05) is 19.1 Å². The summed E-state index contributed by atoms with van der Waals surface area (Å²) in [6, 6.07) is 9.78. The van der Waals surface area contributed by atoms with Crippen molar-refractivity contribution in [2.24, 2.45) is 5.73 Å². The van der Waals surface area contributed by atoms with Crippen molar-refractivity contribution in [2.75, 3.05) is 7.11 Å². The topological polar surface area (TPSA) is 68.3 Å². The van der Waals surface area contributed by atoms with Crippen molar-refractivity contribution in [3.05, 3.63) is 58.9 Å². The van der Waals surface area contributed by atoms with Gasteiger partial charge in [-0.3, -0.25) is 5.41 Å². The smallest absolute Gasteiger partial charge is 0.161 e. The van der Waals surface area contributed by atoms with Crippen molar-refractivity contribution >= 4 is 5.84 Å². The summed E-state index contributed by atoms with van der Waals surface area (Å²) in [5.74, 6) is 0.579. The van der Waals surface area contributed by atoms with Gasteiger partial charge in [-0.2, -0.15) is 0 Å². The number of hydrogen-bond acceptors (Lipinski definition) is 3. The molecule has 0 amide bonds. The van der Waals surface area contributed by atoms with Crippen LogP contribution in [0.15, 0.2) is 36.4 Å². The summed E-state index contributed by atoms with van der Waals surface area (Å²) in [6.07, 6.45) is 0. The second-order valence-electron chi connectivity index (χ2n) is 4.70. The van der Waals surface area contributed by atoms with E-state index < -0.39 is 5.82 Å². The van der Waals surface area contributed by atoms with E-state index in [4.69, 9.17) is 20.6 Å². The summed E-state index contributed by atoms with van der Waals surface area (Å²) in [5, 5.41) is 7.36. The van der Waals surface area contributed by atoms with Crippen LogP contribution in [-0.4, -0.2) is 12.9 Å². The van der Waals surface area contributed by atoms with Crippen molar-refractivity contribution in [2.45, 2.75) is 13.5 Å². The van der Waals surface area contributed by atoms with Crippen LogP contribution in [0, 0.1) is 18.2 Å². The van der Waals surface area contributed by atoms with Gasteiger partial charge < -0.3 is 15.2 Å². The van der Waals surface area contributed by atoms with Gasteiger partial charge >= 0.3 is 0 Å². The third-order valence-electron chi connectivity index (χ3n) is 2.98. The van der Waals surface area contributed by atoms with E-state index in [1.54, 1.807) is 19.2 Å². The molecule has 2 aromatic carbocycles. The Kier molecular flexibility index (Phi) is 4.42. The van der Waals surface area contributed by atoms with Gasteiger partial charge in [-0.05, 0) is 48.4 Å². The Balaban J connectivity index is 2.18. The zero-order valence-electron chi connectivity index (χ0n) is 11.9. The van der Waals surface area contributed by atoms with Gasteiger partial charge in [0.2, 0.25) is 0 Å². The lowest BCUT2D eigenvalue weighted by Crippen LogP contribution is -2.12. The maximum atomic E-state index is 13.5. The number of rotatable bonds is 5. The number of benzene rings is 2. The molecule has 0 saturated carbocycles. The molecule has 21 heavy (non-hydrogen) atoms. The summed E-state index contributed by atoms with van der Waals surface area (Å²) in [6.45, 7) is 2.12. The molecule has 2 aromatic rings. The minimum absolute atomic E-state index is 0.164. The lowest BCUT2D eigenvalue weighted by molar-refractivity contribution is 0.284. The first-order valence-electron chi connectivity index (χ1n) is 6.41. The van der Waals surface area contributed by atoms with Crippen molar-refractivity contribution in [3.63, 3.8) is 0 Å². The van der Waals surface area contributed by atoms with Crippen LogP contribution in [-0.2, 0) is 6.61 Å². The third-order valence-corrected chi connectivity index (χ3v) is 2.98. The average molecular weight is 288 g/mol. The number of halogens is 1. The number of nitrogens with two attached hydrogens (primary N) is 1. The number of amidine groups is 1. The quantitative estimate of drug-likeness (QED) is 0.656. The fourth-order valence-corrected chi connectivity index (χ4v) is 1.94. The minimum Gasteiger partial charge on any atom is -0.493 e. The molecule has 0 radical (unpaired) electrons. The second-order valence-corrected chi connectivity index (χ2v) is 4.70. The molecule has 0 aliphatic heterocycles. The Morgan fingerprint density at radius 3 is 2.62 bits per heavy atom. The number of ether oxygens (including phenoxy) is 2. The molecule has 0 heterocycles. The SMILES string of the molecule is COc1cc(C)ccc1OCc1cc(F)cc(C(=N)N)c1. The monoisotopic (exact) mass is 288 g/mol. The number of methoxy groups -OCH3 is 1. The van der Waals surface area contributed by atoms with Gasteiger partial charge in [0.05, 0.1) is 7.11 Å². The molecule has 3 N–H and O–H groups in total. The van der Waals surface area contributed by atoms with E-state index >= 15 is 0 Å². The predicted octanol–water partition coefficient (Wildman–Crippen LogP) is 3.01. The molecule has 0 bridgehead atoms. The van der Waals surface area contributed by atoms with Gasteiger partial charge in [-0.15, -0.1) is 0 Å². The van der Waals surface area contributed by atoms with Crippen LogP contribution < -0.4 is 15.2 Å². The van der Waals surface area contributed by atoms with Crippen LogP contribution in [0.3, 0.4) is 0 Å². The van der Waals surface area contributed by atoms with E-state index in [0.717, 1.165) is 5.56 Å². The van der Waals surface area contributed by atoms with E-state index in [0.29, 0.717) is 22.6 Å². The lowest BCUT2D eigenvalue weighted by atomic mass is 10.1. The molecule has 0 aromatic heterocycles. The van der Waals surface area contributed by atoms with E-state index in [1.165, 1.54) is 12.1 Å². The fourth-order valence-electron chi connectivity index (χ4n) is 1.94. The Morgan fingerprint density at radius 2 is 1.95 bits per heavy atom. The first kappa shape index (κ1) is 14.8. The van der Waals surface area contributed by atoms with Crippen LogP contribution in [0.1, 0.15) is 16.7 Å². The fraction of sp³-hybridized carbons (Fsp3) is 0.188. The zero-order valence-corrected chi connectivity index (χ0v) is 11.9. The molecule has 110 valence electrons. The van der Waals surface area contributed by atoms with Gasteiger partial charge in [0.1, 0.15) is 18.3 Å².